The van der Waals surface area contributed by atoms with Gasteiger partial charge < -0.3 is 14.8 Å². The lowest BCUT2D eigenvalue weighted by atomic mass is 10.2. The van der Waals surface area contributed by atoms with Crippen molar-refractivity contribution in [2.45, 2.75) is 19.8 Å². The summed E-state index contributed by atoms with van der Waals surface area (Å²) in [5, 5.41) is 2.84. The second kappa shape index (κ2) is 10.2. The number of rotatable bonds is 9. The largest absolute Gasteiger partial charge is 0.493 e. The Morgan fingerprint density at radius 2 is 1.61 bits per heavy atom. The van der Waals surface area contributed by atoms with Crippen LogP contribution in [0.3, 0.4) is 0 Å². The van der Waals surface area contributed by atoms with E-state index in [2.05, 4.69) is 24.4 Å². The van der Waals surface area contributed by atoms with Crippen molar-refractivity contribution in [1.82, 2.24) is 0 Å². The Balaban J connectivity index is 1.45. The molecule has 4 nitrogen and oxygen atoms in total. The molecular weight excluding hydrogens is 350 g/mol. The molecule has 0 aliphatic carbocycles. The van der Waals surface area contributed by atoms with Gasteiger partial charge in [-0.2, -0.15) is 0 Å². The highest BCUT2D eigenvalue weighted by Gasteiger charge is 2.05. The normalized spacial score (nSPS) is 10.3. The van der Waals surface area contributed by atoms with Gasteiger partial charge in [-0.25, -0.2) is 0 Å². The Bertz CT molecular complexity index is 876. The van der Waals surface area contributed by atoms with Crippen LogP contribution in [0.1, 0.15) is 18.1 Å². The first-order chi connectivity index (χ1) is 13.7. The standard InChI is InChI=1S/C24H25NO3/c1-2-19-11-13-22(14-12-19)28-18-24(26)25-21-9-6-10-23(17-21)27-16-15-20-7-4-3-5-8-20/h3-14,17H,2,15-16,18H2,1H3,(H,25,26). The van der Waals surface area contributed by atoms with E-state index in [1.165, 1.54) is 11.1 Å². The molecule has 0 fully saturated rings. The average molecular weight is 375 g/mol. The minimum Gasteiger partial charge on any atom is -0.493 e. The van der Waals surface area contributed by atoms with Crippen molar-refractivity contribution in [2.75, 3.05) is 18.5 Å². The maximum absolute atomic E-state index is 12.1. The van der Waals surface area contributed by atoms with E-state index in [1.54, 1.807) is 0 Å². The fourth-order valence-electron chi connectivity index (χ4n) is 2.76. The van der Waals surface area contributed by atoms with Gasteiger partial charge in [0.2, 0.25) is 0 Å². The average Bonchev–Trinajstić information content (AvgIpc) is 2.74. The minimum absolute atomic E-state index is 0.0371. The first kappa shape index (κ1) is 19.5. The van der Waals surface area contributed by atoms with E-state index in [0.717, 1.165) is 18.6 Å². The summed E-state index contributed by atoms with van der Waals surface area (Å²) >= 11 is 0. The molecule has 3 aromatic carbocycles. The van der Waals surface area contributed by atoms with E-state index in [4.69, 9.17) is 9.47 Å². The molecule has 0 aromatic heterocycles. The van der Waals surface area contributed by atoms with Gasteiger partial charge in [0.05, 0.1) is 6.61 Å². The third-order valence-corrected chi connectivity index (χ3v) is 4.32. The number of hydrogen-bond acceptors (Lipinski definition) is 3. The van der Waals surface area contributed by atoms with Gasteiger partial charge in [-0.05, 0) is 41.8 Å². The van der Waals surface area contributed by atoms with Gasteiger partial charge in [-0.3, -0.25) is 4.79 Å². The molecule has 3 aromatic rings. The predicted molar refractivity (Wildman–Crippen MR) is 112 cm³/mol. The summed E-state index contributed by atoms with van der Waals surface area (Å²) in [5.74, 6) is 1.20. The lowest BCUT2D eigenvalue weighted by molar-refractivity contribution is -0.118. The topological polar surface area (TPSA) is 47.6 Å². The highest BCUT2D eigenvalue weighted by Crippen LogP contribution is 2.18. The zero-order valence-electron chi connectivity index (χ0n) is 16.1. The summed E-state index contributed by atoms with van der Waals surface area (Å²) in [6.07, 6.45) is 1.81. The van der Waals surface area contributed by atoms with E-state index >= 15 is 0 Å². The van der Waals surface area contributed by atoms with Crippen LogP contribution in [-0.4, -0.2) is 19.1 Å². The summed E-state index contributed by atoms with van der Waals surface area (Å²) in [7, 11) is 0. The Kier molecular flexibility index (Phi) is 7.08. The second-order valence-corrected chi connectivity index (χ2v) is 6.45. The maximum Gasteiger partial charge on any atom is 0.262 e. The quantitative estimate of drug-likeness (QED) is 0.579. The Labute approximate surface area is 166 Å². The van der Waals surface area contributed by atoms with Crippen molar-refractivity contribution in [3.8, 4) is 11.5 Å². The monoisotopic (exact) mass is 375 g/mol. The smallest absolute Gasteiger partial charge is 0.262 e. The van der Waals surface area contributed by atoms with Crippen LogP contribution in [0.15, 0.2) is 78.9 Å². The third-order valence-electron chi connectivity index (χ3n) is 4.32. The van der Waals surface area contributed by atoms with E-state index in [-0.39, 0.29) is 12.5 Å². The SMILES string of the molecule is CCc1ccc(OCC(=O)Nc2cccc(OCCc3ccccc3)c2)cc1. The number of aryl methyl sites for hydroxylation is 1. The molecule has 0 unspecified atom stereocenters. The number of amides is 1. The number of benzene rings is 3. The number of carbonyl (C=O) groups excluding carboxylic acids is 1. The molecule has 3 rings (SSSR count). The van der Waals surface area contributed by atoms with Gasteiger partial charge in [-0.15, -0.1) is 0 Å². The minimum atomic E-state index is -0.207. The Morgan fingerprint density at radius 1 is 0.821 bits per heavy atom. The fraction of sp³-hybridized carbons (Fsp3) is 0.208. The molecule has 0 aliphatic heterocycles. The number of nitrogens with one attached hydrogen (secondary N) is 1. The van der Waals surface area contributed by atoms with Crippen LogP contribution < -0.4 is 14.8 Å². The molecule has 28 heavy (non-hydrogen) atoms. The lowest BCUT2D eigenvalue weighted by Crippen LogP contribution is -2.20. The van der Waals surface area contributed by atoms with Crippen LogP contribution in [0.2, 0.25) is 0 Å². The summed E-state index contributed by atoms with van der Waals surface area (Å²) in [6.45, 7) is 2.64. The summed E-state index contributed by atoms with van der Waals surface area (Å²) in [5.41, 5.74) is 3.16. The maximum atomic E-state index is 12.1. The van der Waals surface area contributed by atoms with E-state index in [0.29, 0.717) is 18.0 Å². The van der Waals surface area contributed by atoms with Gasteiger partial charge >= 0.3 is 0 Å². The number of hydrogen-bond donors (Lipinski definition) is 1. The molecule has 4 heteroatoms. The number of carbonyl (C=O) groups is 1. The Morgan fingerprint density at radius 3 is 2.36 bits per heavy atom. The highest BCUT2D eigenvalue weighted by molar-refractivity contribution is 5.92. The van der Waals surface area contributed by atoms with Gasteiger partial charge in [0.25, 0.3) is 5.91 Å². The van der Waals surface area contributed by atoms with Gasteiger partial charge in [-0.1, -0.05) is 55.5 Å². The lowest BCUT2D eigenvalue weighted by Gasteiger charge is -2.10. The molecule has 0 radical (unpaired) electrons. The van der Waals surface area contributed by atoms with Gasteiger partial charge in [0, 0.05) is 18.2 Å². The van der Waals surface area contributed by atoms with Crippen molar-refractivity contribution in [1.29, 1.82) is 0 Å². The first-order valence-electron chi connectivity index (χ1n) is 9.51. The molecule has 0 atom stereocenters. The van der Waals surface area contributed by atoms with Gasteiger partial charge in [0.1, 0.15) is 11.5 Å². The van der Waals surface area contributed by atoms with Crippen LogP contribution in [-0.2, 0) is 17.6 Å². The first-order valence-corrected chi connectivity index (χ1v) is 9.51. The van der Waals surface area contributed by atoms with Crippen LogP contribution in [0.4, 0.5) is 5.69 Å². The molecule has 0 saturated carbocycles. The molecule has 0 heterocycles. The van der Waals surface area contributed by atoms with Crippen molar-refractivity contribution in [3.63, 3.8) is 0 Å². The molecule has 144 valence electrons. The number of ether oxygens (including phenoxy) is 2. The second-order valence-electron chi connectivity index (χ2n) is 6.45. The van der Waals surface area contributed by atoms with Crippen molar-refractivity contribution in [2.24, 2.45) is 0 Å². The van der Waals surface area contributed by atoms with Crippen molar-refractivity contribution in [3.05, 3.63) is 90.0 Å². The third kappa shape index (κ3) is 6.16. The van der Waals surface area contributed by atoms with Gasteiger partial charge in [0.15, 0.2) is 6.61 Å². The van der Waals surface area contributed by atoms with Crippen LogP contribution >= 0.6 is 0 Å². The van der Waals surface area contributed by atoms with E-state index in [1.807, 2.05) is 66.7 Å². The van der Waals surface area contributed by atoms with Crippen LogP contribution in [0.25, 0.3) is 0 Å². The van der Waals surface area contributed by atoms with Crippen LogP contribution in [0, 0.1) is 0 Å². The molecule has 0 bridgehead atoms. The van der Waals surface area contributed by atoms with E-state index < -0.39 is 0 Å². The van der Waals surface area contributed by atoms with Crippen LogP contribution in [0.5, 0.6) is 11.5 Å². The van der Waals surface area contributed by atoms with Crippen molar-refractivity contribution >= 4 is 11.6 Å². The zero-order chi connectivity index (χ0) is 19.6. The molecular formula is C24H25NO3. The molecule has 0 saturated heterocycles. The summed E-state index contributed by atoms with van der Waals surface area (Å²) in [6, 6.07) is 25.4. The summed E-state index contributed by atoms with van der Waals surface area (Å²) in [4.78, 5) is 12.1. The highest BCUT2D eigenvalue weighted by atomic mass is 16.5. The molecule has 0 spiro atoms. The Hall–Kier alpha value is -3.27. The summed E-state index contributed by atoms with van der Waals surface area (Å²) < 4.78 is 11.3. The fourth-order valence-corrected chi connectivity index (χ4v) is 2.76. The zero-order valence-corrected chi connectivity index (χ0v) is 16.1. The molecule has 0 aliphatic rings. The molecule has 1 N–H and O–H groups in total. The van der Waals surface area contributed by atoms with E-state index in [9.17, 15) is 4.79 Å². The number of anilines is 1. The van der Waals surface area contributed by atoms with Crippen molar-refractivity contribution < 1.29 is 14.3 Å². The molecule has 1 amide bonds. The predicted octanol–water partition coefficient (Wildman–Crippen LogP) is 4.89.